The summed E-state index contributed by atoms with van der Waals surface area (Å²) in [6.45, 7) is 4.46. The molecule has 0 amide bonds. The Bertz CT molecular complexity index is 254. The van der Waals surface area contributed by atoms with Gasteiger partial charge in [0.15, 0.2) is 0 Å². The van der Waals surface area contributed by atoms with Crippen molar-refractivity contribution in [2.24, 2.45) is 17.8 Å². The van der Waals surface area contributed by atoms with Crippen LogP contribution in [0.5, 0.6) is 0 Å². The zero-order valence-corrected chi connectivity index (χ0v) is 9.60. The standard InChI is InChI=1S/C10H20O2S/c1-8(2)10-5-4-9(6-10)7-13(3,11)12/h8-10H,4-7H2,1-3H3. The number of hydrogen-bond donors (Lipinski definition) is 0. The Hall–Kier alpha value is -0.0500. The molecule has 3 heteroatoms. The van der Waals surface area contributed by atoms with Gasteiger partial charge < -0.3 is 0 Å². The molecule has 1 saturated carbocycles. The van der Waals surface area contributed by atoms with Crippen LogP contribution in [0.4, 0.5) is 0 Å². The quantitative estimate of drug-likeness (QED) is 0.705. The third kappa shape index (κ3) is 3.67. The van der Waals surface area contributed by atoms with Crippen LogP contribution in [0.1, 0.15) is 33.1 Å². The smallest absolute Gasteiger partial charge is 0.147 e. The van der Waals surface area contributed by atoms with Gasteiger partial charge in [-0.25, -0.2) is 8.42 Å². The van der Waals surface area contributed by atoms with E-state index >= 15 is 0 Å². The molecule has 0 aromatic rings. The summed E-state index contributed by atoms with van der Waals surface area (Å²) in [6, 6.07) is 0. The molecule has 0 heterocycles. The van der Waals surface area contributed by atoms with Gasteiger partial charge in [0.2, 0.25) is 0 Å². The molecule has 2 nitrogen and oxygen atoms in total. The maximum atomic E-state index is 11.1. The topological polar surface area (TPSA) is 34.1 Å². The zero-order chi connectivity index (χ0) is 10.1. The second-order valence-corrected chi connectivity index (χ2v) is 6.96. The Morgan fingerprint density at radius 3 is 2.31 bits per heavy atom. The van der Waals surface area contributed by atoms with Crippen molar-refractivity contribution in [2.45, 2.75) is 33.1 Å². The fraction of sp³-hybridized carbons (Fsp3) is 1.00. The fourth-order valence-electron chi connectivity index (χ4n) is 2.30. The molecule has 0 spiro atoms. The molecule has 1 aliphatic rings. The predicted molar refractivity (Wildman–Crippen MR) is 55.4 cm³/mol. The van der Waals surface area contributed by atoms with Crippen LogP contribution in [0.25, 0.3) is 0 Å². The molecule has 0 saturated heterocycles. The van der Waals surface area contributed by atoms with Gasteiger partial charge in [0.25, 0.3) is 0 Å². The molecule has 0 aromatic carbocycles. The molecule has 1 fully saturated rings. The maximum Gasteiger partial charge on any atom is 0.147 e. The van der Waals surface area contributed by atoms with Crippen LogP contribution >= 0.6 is 0 Å². The van der Waals surface area contributed by atoms with Gasteiger partial charge in [-0.2, -0.15) is 0 Å². The summed E-state index contributed by atoms with van der Waals surface area (Å²) < 4.78 is 22.1. The highest BCUT2D eigenvalue weighted by Crippen LogP contribution is 2.36. The minimum Gasteiger partial charge on any atom is -0.229 e. The molecule has 1 aliphatic carbocycles. The first-order valence-electron chi connectivity index (χ1n) is 5.06. The van der Waals surface area contributed by atoms with Crippen LogP contribution in [0.15, 0.2) is 0 Å². The zero-order valence-electron chi connectivity index (χ0n) is 8.79. The fourth-order valence-corrected chi connectivity index (χ4v) is 3.46. The van der Waals surface area contributed by atoms with Gasteiger partial charge in [0.05, 0.1) is 5.75 Å². The summed E-state index contributed by atoms with van der Waals surface area (Å²) in [5.74, 6) is 2.30. The van der Waals surface area contributed by atoms with Gasteiger partial charge in [-0.05, 0) is 37.0 Å². The largest absolute Gasteiger partial charge is 0.229 e. The first-order valence-corrected chi connectivity index (χ1v) is 7.12. The molecular formula is C10H20O2S. The van der Waals surface area contributed by atoms with Crippen LogP contribution in [-0.4, -0.2) is 20.4 Å². The van der Waals surface area contributed by atoms with E-state index in [1.807, 2.05) is 0 Å². The van der Waals surface area contributed by atoms with Crippen molar-refractivity contribution in [3.63, 3.8) is 0 Å². The van der Waals surface area contributed by atoms with Gasteiger partial charge in [-0.1, -0.05) is 13.8 Å². The van der Waals surface area contributed by atoms with E-state index in [2.05, 4.69) is 13.8 Å². The maximum absolute atomic E-state index is 11.1. The predicted octanol–water partition coefficient (Wildman–Crippen LogP) is 2.10. The van der Waals surface area contributed by atoms with Crippen molar-refractivity contribution >= 4 is 9.84 Å². The van der Waals surface area contributed by atoms with E-state index in [0.29, 0.717) is 17.6 Å². The van der Waals surface area contributed by atoms with Crippen LogP contribution in [0.2, 0.25) is 0 Å². The lowest BCUT2D eigenvalue weighted by molar-refractivity contribution is 0.384. The van der Waals surface area contributed by atoms with E-state index in [1.54, 1.807) is 0 Å². The summed E-state index contributed by atoms with van der Waals surface area (Å²) in [5, 5.41) is 0. The molecule has 13 heavy (non-hydrogen) atoms. The minimum absolute atomic E-state index is 0.399. The molecule has 0 aromatic heterocycles. The Labute approximate surface area is 81.6 Å². The highest BCUT2D eigenvalue weighted by molar-refractivity contribution is 7.90. The lowest BCUT2D eigenvalue weighted by atomic mass is 9.94. The van der Waals surface area contributed by atoms with Crippen molar-refractivity contribution in [1.82, 2.24) is 0 Å². The number of rotatable bonds is 3. The summed E-state index contributed by atoms with van der Waals surface area (Å²) in [5.41, 5.74) is 0. The summed E-state index contributed by atoms with van der Waals surface area (Å²) in [7, 11) is -2.76. The molecule has 0 aliphatic heterocycles. The second-order valence-electron chi connectivity index (χ2n) is 4.78. The second kappa shape index (κ2) is 3.99. The van der Waals surface area contributed by atoms with Gasteiger partial charge in [-0.15, -0.1) is 0 Å². The molecule has 2 unspecified atom stereocenters. The third-order valence-corrected chi connectivity index (χ3v) is 4.14. The molecule has 2 atom stereocenters. The van der Waals surface area contributed by atoms with E-state index in [9.17, 15) is 8.42 Å². The van der Waals surface area contributed by atoms with E-state index < -0.39 is 9.84 Å². The molecule has 0 radical (unpaired) electrons. The number of hydrogen-bond acceptors (Lipinski definition) is 2. The van der Waals surface area contributed by atoms with E-state index in [-0.39, 0.29) is 0 Å². The summed E-state index contributed by atoms with van der Waals surface area (Å²) in [4.78, 5) is 0. The summed E-state index contributed by atoms with van der Waals surface area (Å²) in [6.07, 6.45) is 4.79. The van der Waals surface area contributed by atoms with Crippen molar-refractivity contribution < 1.29 is 8.42 Å². The highest BCUT2D eigenvalue weighted by Gasteiger charge is 2.28. The minimum atomic E-state index is -2.76. The lowest BCUT2D eigenvalue weighted by Crippen LogP contribution is -2.13. The first-order chi connectivity index (χ1) is 5.88. The van der Waals surface area contributed by atoms with Crippen molar-refractivity contribution in [3.8, 4) is 0 Å². The molecule has 0 bridgehead atoms. The Kier molecular flexibility index (Phi) is 3.38. The highest BCUT2D eigenvalue weighted by atomic mass is 32.2. The van der Waals surface area contributed by atoms with E-state index in [1.165, 1.54) is 12.7 Å². The van der Waals surface area contributed by atoms with Crippen molar-refractivity contribution in [1.29, 1.82) is 0 Å². The van der Waals surface area contributed by atoms with Gasteiger partial charge in [0, 0.05) is 6.26 Å². The molecule has 1 rings (SSSR count). The Morgan fingerprint density at radius 1 is 1.31 bits per heavy atom. The van der Waals surface area contributed by atoms with E-state index in [0.717, 1.165) is 18.8 Å². The third-order valence-electron chi connectivity index (χ3n) is 3.06. The average Bonchev–Trinajstić information content (AvgIpc) is 2.31. The van der Waals surface area contributed by atoms with Gasteiger partial charge in [-0.3, -0.25) is 0 Å². The van der Waals surface area contributed by atoms with Crippen molar-refractivity contribution in [3.05, 3.63) is 0 Å². The van der Waals surface area contributed by atoms with Gasteiger partial charge >= 0.3 is 0 Å². The van der Waals surface area contributed by atoms with Crippen LogP contribution in [-0.2, 0) is 9.84 Å². The first kappa shape index (κ1) is 11.0. The Balaban J connectivity index is 2.42. The molecule has 78 valence electrons. The number of sulfone groups is 1. The Morgan fingerprint density at radius 2 is 1.92 bits per heavy atom. The average molecular weight is 204 g/mol. The van der Waals surface area contributed by atoms with Crippen LogP contribution < -0.4 is 0 Å². The van der Waals surface area contributed by atoms with Gasteiger partial charge in [0.1, 0.15) is 9.84 Å². The van der Waals surface area contributed by atoms with Crippen LogP contribution in [0.3, 0.4) is 0 Å². The SMILES string of the molecule is CC(C)C1CCC(CS(C)(=O)=O)C1. The normalized spacial score (nSPS) is 29.8. The summed E-state index contributed by atoms with van der Waals surface area (Å²) >= 11 is 0. The van der Waals surface area contributed by atoms with Crippen molar-refractivity contribution in [2.75, 3.05) is 12.0 Å². The monoisotopic (exact) mass is 204 g/mol. The van der Waals surface area contributed by atoms with E-state index in [4.69, 9.17) is 0 Å². The molecular weight excluding hydrogens is 184 g/mol. The van der Waals surface area contributed by atoms with Crippen LogP contribution in [0, 0.1) is 17.8 Å². The molecule has 0 N–H and O–H groups in total. The lowest BCUT2D eigenvalue weighted by Gasteiger charge is -2.13.